The lowest BCUT2D eigenvalue weighted by molar-refractivity contribution is -0.136. The molecule has 0 bridgehead atoms. The normalized spacial score (nSPS) is 12.8. The SMILES string of the molecule is COC(=O)/C(C)=C/C(=N/S(=O)(=O)c1ccc(C)cc1)c1ccccc1. The maximum atomic E-state index is 12.6. The number of sulfonamides is 1. The number of esters is 1. The number of allylic oxidation sites excluding steroid dienone is 1. The number of carbonyl (C=O) groups is 1. The van der Waals surface area contributed by atoms with Crippen LogP contribution < -0.4 is 0 Å². The molecule has 130 valence electrons. The Morgan fingerprint density at radius 1 is 1.04 bits per heavy atom. The molecule has 0 fully saturated rings. The molecule has 0 atom stereocenters. The average Bonchev–Trinajstić information content (AvgIpc) is 2.61. The standard InChI is InChI=1S/C19H19NO4S/c1-14-9-11-17(12-10-14)25(22,23)20-18(13-15(2)19(21)24-3)16-7-5-4-6-8-16/h4-13H,1-3H3/b15-13+,20-18-. The van der Waals surface area contributed by atoms with Gasteiger partial charge in [0.25, 0.3) is 10.0 Å². The second-order valence-electron chi connectivity index (χ2n) is 5.45. The lowest BCUT2D eigenvalue weighted by Crippen LogP contribution is -2.08. The molecule has 2 aromatic carbocycles. The van der Waals surface area contributed by atoms with Crippen LogP contribution in [0.15, 0.2) is 75.5 Å². The van der Waals surface area contributed by atoms with E-state index in [-0.39, 0.29) is 16.2 Å². The topological polar surface area (TPSA) is 72.8 Å². The minimum Gasteiger partial charge on any atom is -0.466 e. The number of benzene rings is 2. The van der Waals surface area contributed by atoms with Gasteiger partial charge in [-0.15, -0.1) is 0 Å². The van der Waals surface area contributed by atoms with Crippen LogP contribution in [0.4, 0.5) is 0 Å². The molecule has 0 unspecified atom stereocenters. The van der Waals surface area contributed by atoms with E-state index >= 15 is 0 Å². The Bertz CT molecular complexity index is 912. The van der Waals surface area contributed by atoms with Crippen LogP contribution in [-0.4, -0.2) is 27.2 Å². The second kappa shape index (κ2) is 7.90. The average molecular weight is 357 g/mol. The van der Waals surface area contributed by atoms with Gasteiger partial charge in [-0.25, -0.2) is 4.79 Å². The third-order valence-electron chi connectivity index (χ3n) is 3.47. The van der Waals surface area contributed by atoms with Crippen LogP contribution in [0, 0.1) is 6.92 Å². The van der Waals surface area contributed by atoms with Gasteiger partial charge in [-0.3, -0.25) is 0 Å². The highest BCUT2D eigenvalue weighted by Gasteiger charge is 2.15. The third kappa shape index (κ3) is 4.87. The number of aryl methyl sites for hydroxylation is 1. The smallest absolute Gasteiger partial charge is 0.333 e. The fourth-order valence-electron chi connectivity index (χ4n) is 2.09. The maximum Gasteiger partial charge on any atom is 0.333 e. The van der Waals surface area contributed by atoms with E-state index in [4.69, 9.17) is 0 Å². The van der Waals surface area contributed by atoms with Gasteiger partial charge in [0, 0.05) is 11.1 Å². The molecule has 25 heavy (non-hydrogen) atoms. The fraction of sp³-hybridized carbons (Fsp3) is 0.158. The highest BCUT2D eigenvalue weighted by Crippen LogP contribution is 2.16. The van der Waals surface area contributed by atoms with E-state index in [1.54, 1.807) is 43.3 Å². The molecule has 0 aliphatic carbocycles. The van der Waals surface area contributed by atoms with E-state index in [2.05, 4.69) is 9.13 Å². The fourth-order valence-corrected chi connectivity index (χ4v) is 3.09. The van der Waals surface area contributed by atoms with Crippen molar-refractivity contribution in [3.8, 4) is 0 Å². The van der Waals surface area contributed by atoms with Gasteiger partial charge >= 0.3 is 5.97 Å². The second-order valence-corrected chi connectivity index (χ2v) is 7.05. The molecule has 0 amide bonds. The number of methoxy groups -OCH3 is 1. The molecule has 0 aliphatic rings. The number of hydrogen-bond acceptors (Lipinski definition) is 4. The van der Waals surface area contributed by atoms with Crippen molar-refractivity contribution in [2.45, 2.75) is 18.7 Å². The first-order valence-corrected chi connectivity index (χ1v) is 9.01. The number of rotatable bonds is 5. The molecule has 6 heteroatoms. The predicted molar refractivity (Wildman–Crippen MR) is 97.1 cm³/mol. The van der Waals surface area contributed by atoms with E-state index in [9.17, 15) is 13.2 Å². The Hall–Kier alpha value is -2.73. The first-order chi connectivity index (χ1) is 11.8. The van der Waals surface area contributed by atoms with E-state index < -0.39 is 16.0 Å². The molecule has 0 saturated heterocycles. The number of ether oxygens (including phenoxy) is 1. The van der Waals surface area contributed by atoms with Crippen LogP contribution in [0.3, 0.4) is 0 Å². The zero-order valence-corrected chi connectivity index (χ0v) is 15.1. The zero-order valence-electron chi connectivity index (χ0n) is 14.3. The van der Waals surface area contributed by atoms with Crippen molar-refractivity contribution in [1.82, 2.24) is 0 Å². The van der Waals surface area contributed by atoms with Gasteiger partial charge in [-0.05, 0) is 32.1 Å². The number of hydrogen-bond donors (Lipinski definition) is 0. The van der Waals surface area contributed by atoms with E-state index in [0.717, 1.165) is 5.56 Å². The molecule has 0 saturated carbocycles. The van der Waals surface area contributed by atoms with Crippen molar-refractivity contribution in [3.63, 3.8) is 0 Å². The van der Waals surface area contributed by atoms with Crippen LogP contribution in [0.2, 0.25) is 0 Å². The van der Waals surface area contributed by atoms with Gasteiger partial charge in [0.1, 0.15) is 0 Å². The monoisotopic (exact) mass is 357 g/mol. The molecule has 0 N–H and O–H groups in total. The molecule has 0 radical (unpaired) electrons. The molecule has 2 aromatic rings. The van der Waals surface area contributed by atoms with Gasteiger partial charge in [0.05, 0.1) is 17.7 Å². The van der Waals surface area contributed by atoms with Crippen molar-refractivity contribution in [3.05, 3.63) is 77.4 Å². The summed E-state index contributed by atoms with van der Waals surface area (Å²) in [5.74, 6) is -0.545. The van der Waals surface area contributed by atoms with E-state index in [0.29, 0.717) is 5.56 Å². The minimum atomic E-state index is -3.91. The Morgan fingerprint density at radius 3 is 2.20 bits per heavy atom. The van der Waals surface area contributed by atoms with Gasteiger partial charge in [0.15, 0.2) is 0 Å². The van der Waals surface area contributed by atoms with Crippen molar-refractivity contribution >= 4 is 21.7 Å². The van der Waals surface area contributed by atoms with Crippen LogP contribution in [0.5, 0.6) is 0 Å². The van der Waals surface area contributed by atoms with Crippen LogP contribution in [-0.2, 0) is 19.6 Å². The van der Waals surface area contributed by atoms with Gasteiger partial charge in [-0.1, -0.05) is 48.0 Å². The molecule has 0 heterocycles. The van der Waals surface area contributed by atoms with Crippen LogP contribution in [0.25, 0.3) is 0 Å². The highest BCUT2D eigenvalue weighted by atomic mass is 32.2. The van der Waals surface area contributed by atoms with Crippen molar-refractivity contribution in [1.29, 1.82) is 0 Å². The van der Waals surface area contributed by atoms with E-state index in [1.165, 1.54) is 25.3 Å². The number of nitrogens with zero attached hydrogens (tertiary/aromatic N) is 1. The Kier molecular flexibility index (Phi) is 5.88. The molecule has 0 aromatic heterocycles. The summed E-state index contributed by atoms with van der Waals surface area (Å²) in [5.41, 5.74) is 1.96. The highest BCUT2D eigenvalue weighted by molar-refractivity contribution is 7.90. The molecule has 5 nitrogen and oxygen atoms in total. The molecule has 0 aliphatic heterocycles. The predicted octanol–water partition coefficient (Wildman–Crippen LogP) is 3.29. The Balaban J connectivity index is 2.56. The molecule has 2 rings (SSSR count). The lowest BCUT2D eigenvalue weighted by atomic mass is 10.1. The molecule has 0 spiro atoms. The number of carbonyl (C=O) groups excluding carboxylic acids is 1. The molecular weight excluding hydrogens is 338 g/mol. The summed E-state index contributed by atoms with van der Waals surface area (Å²) < 4.78 is 33.8. The van der Waals surface area contributed by atoms with Gasteiger partial charge in [0.2, 0.25) is 0 Å². The maximum absolute atomic E-state index is 12.6. The minimum absolute atomic E-state index is 0.0932. The zero-order chi connectivity index (χ0) is 18.4. The van der Waals surface area contributed by atoms with Crippen molar-refractivity contribution in [2.75, 3.05) is 7.11 Å². The summed E-state index contributed by atoms with van der Waals surface area (Å²) in [7, 11) is -2.65. The Morgan fingerprint density at radius 2 is 1.64 bits per heavy atom. The molecular formula is C19H19NO4S. The van der Waals surface area contributed by atoms with Crippen molar-refractivity contribution < 1.29 is 17.9 Å². The summed E-state index contributed by atoms with van der Waals surface area (Å²) in [6.07, 6.45) is 1.41. The lowest BCUT2D eigenvalue weighted by Gasteiger charge is -2.06. The summed E-state index contributed by atoms with van der Waals surface area (Å²) in [5, 5.41) is 0. The Labute approximate surface area is 147 Å². The summed E-state index contributed by atoms with van der Waals surface area (Å²) in [4.78, 5) is 11.7. The van der Waals surface area contributed by atoms with Gasteiger partial charge < -0.3 is 4.74 Å². The van der Waals surface area contributed by atoms with E-state index in [1.807, 2.05) is 13.0 Å². The quantitative estimate of drug-likeness (QED) is 0.468. The first kappa shape index (κ1) is 18.6. The summed E-state index contributed by atoms with van der Waals surface area (Å²) in [6.45, 7) is 3.42. The van der Waals surface area contributed by atoms with Crippen LogP contribution >= 0.6 is 0 Å². The largest absolute Gasteiger partial charge is 0.466 e. The summed E-state index contributed by atoms with van der Waals surface area (Å²) >= 11 is 0. The van der Waals surface area contributed by atoms with Gasteiger partial charge in [-0.2, -0.15) is 12.8 Å². The summed E-state index contributed by atoms with van der Waals surface area (Å²) in [6, 6.07) is 15.2. The van der Waals surface area contributed by atoms with Crippen molar-refractivity contribution in [2.24, 2.45) is 4.40 Å². The first-order valence-electron chi connectivity index (χ1n) is 7.57. The van der Waals surface area contributed by atoms with Crippen LogP contribution in [0.1, 0.15) is 18.1 Å². The third-order valence-corrected chi connectivity index (χ3v) is 4.77.